The summed E-state index contributed by atoms with van der Waals surface area (Å²) < 4.78 is 0. The van der Waals surface area contributed by atoms with Crippen molar-refractivity contribution in [2.24, 2.45) is 0 Å². The van der Waals surface area contributed by atoms with Crippen LogP contribution in [0.4, 0.5) is 0 Å². The van der Waals surface area contributed by atoms with E-state index in [1.807, 2.05) is 4.90 Å². The Balaban J connectivity index is -0.000000101. The van der Waals surface area contributed by atoms with Crippen LogP contribution in [0.2, 0.25) is 0 Å². The molecular formula is C6H18Cl2N2O3. The van der Waals surface area contributed by atoms with E-state index in [0.717, 1.165) is 26.2 Å². The van der Waals surface area contributed by atoms with Crippen LogP contribution in [0.1, 0.15) is 6.92 Å². The van der Waals surface area contributed by atoms with Crippen LogP contribution in [0.15, 0.2) is 0 Å². The Labute approximate surface area is 90.3 Å². The van der Waals surface area contributed by atoms with Gasteiger partial charge < -0.3 is 21.2 Å². The number of amides is 1. The van der Waals surface area contributed by atoms with Crippen LogP contribution >= 0.6 is 24.8 Å². The van der Waals surface area contributed by atoms with Crippen molar-refractivity contribution in [3.05, 3.63) is 0 Å². The summed E-state index contributed by atoms with van der Waals surface area (Å²) in [6.45, 7) is 5.25. The molecule has 0 aromatic rings. The molecule has 1 fully saturated rings. The number of carbonyl (C=O) groups excluding carboxylic acids is 1. The summed E-state index contributed by atoms with van der Waals surface area (Å²) in [6, 6.07) is 0. The van der Waals surface area contributed by atoms with Crippen LogP contribution in [-0.2, 0) is 4.79 Å². The van der Waals surface area contributed by atoms with Gasteiger partial charge in [0.25, 0.3) is 0 Å². The van der Waals surface area contributed by atoms with Crippen molar-refractivity contribution in [1.29, 1.82) is 0 Å². The molecule has 1 aliphatic rings. The average molecular weight is 237 g/mol. The summed E-state index contributed by atoms with van der Waals surface area (Å²) in [7, 11) is 0. The highest BCUT2D eigenvalue weighted by Crippen LogP contribution is 1.90. The first-order chi connectivity index (χ1) is 4.30. The van der Waals surface area contributed by atoms with Gasteiger partial charge in [0.1, 0.15) is 0 Å². The molecule has 0 bridgehead atoms. The fourth-order valence-corrected chi connectivity index (χ4v) is 0.980. The number of hydrogen-bond acceptors (Lipinski definition) is 2. The molecule has 5 N–H and O–H groups in total. The maximum atomic E-state index is 10.7. The molecule has 0 radical (unpaired) electrons. The predicted octanol–water partition coefficient (Wildman–Crippen LogP) is -1.37. The molecule has 13 heavy (non-hydrogen) atoms. The van der Waals surface area contributed by atoms with Crippen LogP contribution in [0.25, 0.3) is 0 Å². The van der Waals surface area contributed by atoms with Crippen molar-refractivity contribution < 1.29 is 15.7 Å². The molecule has 7 heteroatoms. The summed E-state index contributed by atoms with van der Waals surface area (Å²) >= 11 is 0. The number of halogens is 2. The first kappa shape index (κ1) is 23.1. The topological polar surface area (TPSA) is 95.3 Å². The molecule has 5 nitrogen and oxygen atoms in total. The summed E-state index contributed by atoms with van der Waals surface area (Å²) in [5, 5.41) is 3.18. The first-order valence-corrected chi connectivity index (χ1v) is 3.27. The highest BCUT2D eigenvalue weighted by atomic mass is 35.5. The van der Waals surface area contributed by atoms with Crippen molar-refractivity contribution in [3.8, 4) is 0 Å². The summed E-state index contributed by atoms with van der Waals surface area (Å²) in [5.74, 6) is 0.191. The van der Waals surface area contributed by atoms with E-state index < -0.39 is 0 Å². The van der Waals surface area contributed by atoms with Crippen molar-refractivity contribution in [2.45, 2.75) is 6.92 Å². The molecule has 0 aliphatic carbocycles. The molecule has 1 rings (SSSR count). The number of nitrogens with one attached hydrogen (secondary N) is 1. The van der Waals surface area contributed by atoms with E-state index in [2.05, 4.69) is 5.32 Å². The minimum absolute atomic E-state index is 0. The van der Waals surface area contributed by atoms with Gasteiger partial charge in [0, 0.05) is 33.1 Å². The summed E-state index contributed by atoms with van der Waals surface area (Å²) in [6.07, 6.45) is 0. The highest BCUT2D eigenvalue weighted by molar-refractivity contribution is 5.85. The van der Waals surface area contributed by atoms with Gasteiger partial charge in [-0.25, -0.2) is 0 Å². The minimum Gasteiger partial charge on any atom is -0.412 e. The predicted molar refractivity (Wildman–Crippen MR) is 56.8 cm³/mol. The van der Waals surface area contributed by atoms with Gasteiger partial charge in [-0.05, 0) is 0 Å². The van der Waals surface area contributed by atoms with Gasteiger partial charge in [0.2, 0.25) is 5.91 Å². The maximum Gasteiger partial charge on any atom is 0.219 e. The van der Waals surface area contributed by atoms with Crippen LogP contribution in [0.3, 0.4) is 0 Å². The molecule has 0 spiro atoms. The molecule has 0 aromatic heterocycles. The summed E-state index contributed by atoms with van der Waals surface area (Å²) in [5.41, 5.74) is 0. The third kappa shape index (κ3) is 8.27. The summed E-state index contributed by atoms with van der Waals surface area (Å²) in [4.78, 5) is 12.6. The molecular weight excluding hydrogens is 219 g/mol. The quantitative estimate of drug-likeness (QED) is 0.562. The Morgan fingerprint density at radius 1 is 1.15 bits per heavy atom. The number of hydrogen-bond donors (Lipinski definition) is 1. The largest absolute Gasteiger partial charge is 0.412 e. The SMILES string of the molecule is CC(=O)N1CCNCC1.Cl.Cl.O.O. The number of carbonyl (C=O) groups is 1. The van der Waals surface area contributed by atoms with Gasteiger partial charge in [0.05, 0.1) is 0 Å². The number of piperazine rings is 1. The molecule has 1 aliphatic heterocycles. The lowest BCUT2D eigenvalue weighted by atomic mass is 10.4. The van der Waals surface area contributed by atoms with Crippen LogP contribution < -0.4 is 5.32 Å². The second kappa shape index (κ2) is 11.9. The van der Waals surface area contributed by atoms with Crippen LogP contribution in [0.5, 0.6) is 0 Å². The molecule has 0 saturated carbocycles. The van der Waals surface area contributed by atoms with Crippen molar-refractivity contribution >= 4 is 30.7 Å². The maximum absolute atomic E-state index is 10.7. The second-order valence-electron chi connectivity index (χ2n) is 2.26. The average Bonchev–Trinajstić information content (AvgIpc) is 1.90. The fourth-order valence-electron chi connectivity index (χ4n) is 0.980. The van der Waals surface area contributed by atoms with E-state index in [1.165, 1.54) is 0 Å². The monoisotopic (exact) mass is 236 g/mol. The Hall–Kier alpha value is -0.0700. The Morgan fingerprint density at radius 2 is 1.54 bits per heavy atom. The normalized spacial score (nSPS) is 13.8. The molecule has 84 valence electrons. The second-order valence-corrected chi connectivity index (χ2v) is 2.26. The van der Waals surface area contributed by atoms with Gasteiger partial charge in [-0.3, -0.25) is 4.79 Å². The molecule has 0 atom stereocenters. The molecule has 1 amide bonds. The van der Waals surface area contributed by atoms with Crippen molar-refractivity contribution in [2.75, 3.05) is 26.2 Å². The molecule has 0 aromatic carbocycles. The molecule has 1 saturated heterocycles. The van der Waals surface area contributed by atoms with E-state index >= 15 is 0 Å². The van der Waals surface area contributed by atoms with E-state index in [1.54, 1.807) is 6.92 Å². The third-order valence-electron chi connectivity index (χ3n) is 1.56. The van der Waals surface area contributed by atoms with E-state index in [0.29, 0.717) is 0 Å². The standard InChI is InChI=1S/C6H12N2O.2ClH.2H2O/c1-6(9)8-4-2-7-3-5-8;;;;/h7H,2-5H2,1H3;2*1H;2*1H2. The Bertz CT molecular complexity index is 120. The Kier molecular flexibility index (Phi) is 21.2. The van der Waals surface area contributed by atoms with Gasteiger partial charge in [-0.2, -0.15) is 0 Å². The van der Waals surface area contributed by atoms with Gasteiger partial charge in [-0.1, -0.05) is 0 Å². The van der Waals surface area contributed by atoms with Crippen molar-refractivity contribution in [1.82, 2.24) is 10.2 Å². The molecule has 1 heterocycles. The van der Waals surface area contributed by atoms with Crippen LogP contribution in [0, 0.1) is 0 Å². The zero-order valence-electron chi connectivity index (χ0n) is 7.50. The molecule has 0 unspecified atom stereocenters. The van der Waals surface area contributed by atoms with Gasteiger partial charge in [0.15, 0.2) is 0 Å². The highest BCUT2D eigenvalue weighted by Gasteiger charge is 2.10. The Morgan fingerprint density at radius 3 is 1.77 bits per heavy atom. The zero-order valence-corrected chi connectivity index (χ0v) is 9.13. The lowest BCUT2D eigenvalue weighted by molar-refractivity contribution is -0.129. The smallest absolute Gasteiger partial charge is 0.219 e. The van der Waals surface area contributed by atoms with Gasteiger partial charge in [-0.15, -0.1) is 24.8 Å². The first-order valence-electron chi connectivity index (χ1n) is 3.27. The lowest BCUT2D eigenvalue weighted by Gasteiger charge is -2.25. The lowest BCUT2D eigenvalue weighted by Crippen LogP contribution is -2.45. The van der Waals surface area contributed by atoms with Crippen molar-refractivity contribution in [3.63, 3.8) is 0 Å². The van der Waals surface area contributed by atoms with E-state index in [9.17, 15) is 4.79 Å². The fraction of sp³-hybridized carbons (Fsp3) is 0.833. The van der Waals surface area contributed by atoms with Crippen LogP contribution in [-0.4, -0.2) is 47.9 Å². The zero-order chi connectivity index (χ0) is 6.69. The third-order valence-corrected chi connectivity index (χ3v) is 1.56. The van der Waals surface area contributed by atoms with E-state index in [4.69, 9.17) is 0 Å². The number of nitrogens with zero attached hydrogens (tertiary/aromatic N) is 1. The minimum atomic E-state index is 0. The van der Waals surface area contributed by atoms with E-state index in [-0.39, 0.29) is 41.7 Å². The number of rotatable bonds is 0. The van der Waals surface area contributed by atoms with Gasteiger partial charge >= 0.3 is 0 Å².